The molecule has 0 atom stereocenters. The number of carbonyl (C=O) groups excluding carboxylic acids is 2. The van der Waals surface area contributed by atoms with E-state index in [9.17, 15) is 9.59 Å². The Balaban J connectivity index is 2.45. The van der Waals surface area contributed by atoms with Gasteiger partial charge in [0.05, 0.1) is 5.56 Å². The molecule has 0 unspecified atom stereocenters. The largest absolute Gasteiger partial charge is 0.387 e. The zero-order valence-corrected chi connectivity index (χ0v) is 11.6. The van der Waals surface area contributed by atoms with Gasteiger partial charge in [0.25, 0.3) is 5.91 Å². The summed E-state index contributed by atoms with van der Waals surface area (Å²) in [6.45, 7) is 4.13. The van der Waals surface area contributed by atoms with Gasteiger partial charge in [-0.15, -0.1) is 0 Å². The molecule has 0 bridgehead atoms. The van der Waals surface area contributed by atoms with Crippen LogP contribution in [0.15, 0.2) is 24.3 Å². The molecule has 0 aliphatic rings. The summed E-state index contributed by atoms with van der Waals surface area (Å²) in [6, 6.07) is 7.36. The van der Waals surface area contributed by atoms with Gasteiger partial charge < -0.3 is 16.0 Å². The van der Waals surface area contributed by atoms with Crippen molar-refractivity contribution in [2.24, 2.45) is 0 Å². The second kappa shape index (κ2) is 7.41. The fraction of sp³-hybridized carbons (Fsp3) is 0.429. The van der Waals surface area contributed by atoms with E-state index in [-0.39, 0.29) is 24.3 Å². The first-order valence-corrected chi connectivity index (χ1v) is 6.39. The van der Waals surface area contributed by atoms with Crippen molar-refractivity contribution in [3.8, 4) is 0 Å². The molecular formula is C14H21N3O2. The molecule has 19 heavy (non-hydrogen) atoms. The number of hydrogen-bond donors (Lipinski definition) is 3. The summed E-state index contributed by atoms with van der Waals surface area (Å²) in [7, 11) is 1.77. The summed E-state index contributed by atoms with van der Waals surface area (Å²) in [5, 5.41) is 8.48. The van der Waals surface area contributed by atoms with Crippen LogP contribution < -0.4 is 16.0 Å². The Morgan fingerprint density at radius 1 is 1.21 bits per heavy atom. The van der Waals surface area contributed by atoms with Crippen molar-refractivity contribution in [1.29, 1.82) is 0 Å². The van der Waals surface area contributed by atoms with Crippen LogP contribution in [-0.4, -0.2) is 31.4 Å². The molecule has 0 aliphatic heterocycles. The molecule has 0 radical (unpaired) electrons. The summed E-state index contributed by atoms with van der Waals surface area (Å²) in [6.07, 6.45) is 0.283. The van der Waals surface area contributed by atoms with Crippen molar-refractivity contribution in [3.63, 3.8) is 0 Å². The number of hydrogen-bond acceptors (Lipinski definition) is 3. The molecule has 1 aromatic carbocycles. The zero-order valence-electron chi connectivity index (χ0n) is 11.6. The lowest BCUT2D eigenvalue weighted by Gasteiger charge is -2.10. The molecule has 0 fully saturated rings. The fourth-order valence-electron chi connectivity index (χ4n) is 1.68. The van der Waals surface area contributed by atoms with Crippen molar-refractivity contribution in [2.45, 2.75) is 26.3 Å². The molecule has 2 amide bonds. The standard InChI is InChI=1S/C14H21N3O2/c1-10(2)17-13(18)8-9-16-14(19)11-6-4-5-7-12(11)15-3/h4-7,10,15H,8-9H2,1-3H3,(H,16,19)(H,17,18). The van der Waals surface area contributed by atoms with E-state index >= 15 is 0 Å². The van der Waals surface area contributed by atoms with Crippen LogP contribution in [0.5, 0.6) is 0 Å². The predicted molar refractivity (Wildman–Crippen MR) is 76.2 cm³/mol. The summed E-state index contributed by atoms with van der Waals surface area (Å²) in [5.74, 6) is -0.237. The highest BCUT2D eigenvalue weighted by Gasteiger charge is 2.10. The fourth-order valence-corrected chi connectivity index (χ4v) is 1.68. The molecule has 1 rings (SSSR count). The first-order valence-electron chi connectivity index (χ1n) is 6.39. The quantitative estimate of drug-likeness (QED) is 0.726. The third-order valence-electron chi connectivity index (χ3n) is 2.53. The summed E-state index contributed by atoms with van der Waals surface area (Å²) >= 11 is 0. The summed E-state index contributed by atoms with van der Waals surface area (Å²) in [4.78, 5) is 23.4. The molecule has 0 saturated heterocycles. The molecule has 5 nitrogen and oxygen atoms in total. The van der Waals surface area contributed by atoms with E-state index in [1.54, 1.807) is 19.2 Å². The lowest BCUT2D eigenvalue weighted by atomic mass is 10.1. The number of amides is 2. The summed E-state index contributed by atoms with van der Waals surface area (Å²) in [5.41, 5.74) is 1.35. The van der Waals surface area contributed by atoms with Crippen molar-refractivity contribution < 1.29 is 9.59 Å². The van der Waals surface area contributed by atoms with E-state index in [0.29, 0.717) is 12.1 Å². The van der Waals surface area contributed by atoms with E-state index in [1.807, 2.05) is 26.0 Å². The van der Waals surface area contributed by atoms with Gasteiger partial charge in [-0.2, -0.15) is 0 Å². The number of nitrogens with one attached hydrogen (secondary N) is 3. The van der Waals surface area contributed by atoms with Crippen molar-refractivity contribution in [1.82, 2.24) is 10.6 Å². The van der Waals surface area contributed by atoms with E-state index in [2.05, 4.69) is 16.0 Å². The minimum atomic E-state index is -0.178. The molecular weight excluding hydrogens is 242 g/mol. The Bertz CT molecular complexity index is 444. The van der Waals surface area contributed by atoms with Crippen LogP contribution >= 0.6 is 0 Å². The van der Waals surface area contributed by atoms with E-state index < -0.39 is 0 Å². The molecule has 3 N–H and O–H groups in total. The maximum atomic E-state index is 11.9. The molecule has 0 heterocycles. The van der Waals surface area contributed by atoms with Gasteiger partial charge in [-0.05, 0) is 26.0 Å². The van der Waals surface area contributed by atoms with Gasteiger partial charge in [0.15, 0.2) is 0 Å². The van der Waals surface area contributed by atoms with Crippen LogP contribution in [-0.2, 0) is 4.79 Å². The molecule has 0 saturated carbocycles. The third kappa shape index (κ3) is 4.99. The minimum Gasteiger partial charge on any atom is -0.387 e. The highest BCUT2D eigenvalue weighted by molar-refractivity contribution is 5.99. The van der Waals surface area contributed by atoms with Crippen molar-refractivity contribution >= 4 is 17.5 Å². The van der Waals surface area contributed by atoms with Gasteiger partial charge in [0.2, 0.25) is 5.91 Å². The zero-order chi connectivity index (χ0) is 14.3. The van der Waals surface area contributed by atoms with Crippen LogP contribution in [0.25, 0.3) is 0 Å². The molecule has 0 aromatic heterocycles. The normalized spacial score (nSPS) is 10.1. The van der Waals surface area contributed by atoms with Gasteiger partial charge >= 0.3 is 0 Å². The van der Waals surface area contributed by atoms with Gasteiger partial charge in [0, 0.05) is 31.7 Å². The van der Waals surface area contributed by atoms with Crippen LogP contribution in [0.1, 0.15) is 30.6 Å². The van der Waals surface area contributed by atoms with E-state index in [0.717, 1.165) is 5.69 Å². The summed E-state index contributed by atoms with van der Waals surface area (Å²) < 4.78 is 0. The highest BCUT2D eigenvalue weighted by Crippen LogP contribution is 2.13. The lowest BCUT2D eigenvalue weighted by molar-refractivity contribution is -0.121. The third-order valence-corrected chi connectivity index (χ3v) is 2.53. The number of carbonyl (C=O) groups is 2. The van der Waals surface area contributed by atoms with Gasteiger partial charge in [0.1, 0.15) is 0 Å². The number of para-hydroxylation sites is 1. The van der Waals surface area contributed by atoms with E-state index in [1.165, 1.54) is 0 Å². The number of rotatable bonds is 6. The van der Waals surface area contributed by atoms with Crippen LogP contribution in [0.2, 0.25) is 0 Å². The number of benzene rings is 1. The lowest BCUT2D eigenvalue weighted by Crippen LogP contribution is -2.34. The van der Waals surface area contributed by atoms with E-state index in [4.69, 9.17) is 0 Å². The average molecular weight is 263 g/mol. The Kier molecular flexibility index (Phi) is 5.85. The maximum absolute atomic E-state index is 11.9. The second-order valence-electron chi connectivity index (χ2n) is 4.52. The second-order valence-corrected chi connectivity index (χ2v) is 4.52. The van der Waals surface area contributed by atoms with Gasteiger partial charge in [-0.3, -0.25) is 9.59 Å². The molecule has 0 aliphatic carbocycles. The first-order chi connectivity index (χ1) is 9.04. The Morgan fingerprint density at radius 2 is 1.89 bits per heavy atom. The predicted octanol–water partition coefficient (Wildman–Crippen LogP) is 1.37. The average Bonchev–Trinajstić information content (AvgIpc) is 2.37. The Labute approximate surface area is 113 Å². The first kappa shape index (κ1) is 15.0. The van der Waals surface area contributed by atoms with Crippen molar-refractivity contribution in [2.75, 3.05) is 18.9 Å². The van der Waals surface area contributed by atoms with Crippen LogP contribution in [0, 0.1) is 0 Å². The smallest absolute Gasteiger partial charge is 0.253 e. The Morgan fingerprint density at radius 3 is 2.53 bits per heavy atom. The van der Waals surface area contributed by atoms with Gasteiger partial charge in [-0.1, -0.05) is 12.1 Å². The van der Waals surface area contributed by atoms with Crippen molar-refractivity contribution in [3.05, 3.63) is 29.8 Å². The molecule has 104 valence electrons. The minimum absolute atomic E-state index is 0.0581. The molecule has 1 aromatic rings. The van der Waals surface area contributed by atoms with Crippen LogP contribution in [0.4, 0.5) is 5.69 Å². The Hall–Kier alpha value is -2.04. The maximum Gasteiger partial charge on any atom is 0.253 e. The molecule has 5 heteroatoms. The highest BCUT2D eigenvalue weighted by atomic mass is 16.2. The monoisotopic (exact) mass is 263 g/mol. The van der Waals surface area contributed by atoms with Gasteiger partial charge in [-0.25, -0.2) is 0 Å². The molecule has 0 spiro atoms. The SMILES string of the molecule is CNc1ccccc1C(=O)NCCC(=O)NC(C)C. The number of anilines is 1. The van der Waals surface area contributed by atoms with Crippen LogP contribution in [0.3, 0.4) is 0 Å². The topological polar surface area (TPSA) is 70.2 Å².